The summed E-state index contributed by atoms with van der Waals surface area (Å²) in [7, 11) is 1.62. The third kappa shape index (κ3) is 2.16. The van der Waals surface area contributed by atoms with Crippen molar-refractivity contribution in [1.82, 2.24) is 4.90 Å². The molecule has 16 heavy (non-hydrogen) atoms. The fourth-order valence-corrected chi connectivity index (χ4v) is 1.57. The zero-order valence-corrected chi connectivity index (χ0v) is 9.10. The van der Waals surface area contributed by atoms with Crippen LogP contribution in [0.1, 0.15) is 5.56 Å². The molecule has 2 rings (SSSR count). The quantitative estimate of drug-likeness (QED) is 0.782. The monoisotopic (exact) mass is 219 g/mol. The van der Waals surface area contributed by atoms with Crippen LogP contribution in [0.25, 0.3) is 0 Å². The lowest BCUT2D eigenvalue weighted by Gasteiger charge is -2.12. The highest BCUT2D eigenvalue weighted by atomic mass is 16.6. The van der Waals surface area contributed by atoms with E-state index in [1.54, 1.807) is 12.0 Å². The first-order valence-electron chi connectivity index (χ1n) is 4.96. The fourth-order valence-electron chi connectivity index (χ4n) is 1.57. The molecular formula is C12H13NO3. The molecule has 0 aliphatic carbocycles. The molecule has 0 atom stereocenters. The van der Waals surface area contributed by atoms with Gasteiger partial charge in [-0.3, -0.25) is 4.90 Å². The predicted octanol–water partition coefficient (Wildman–Crippen LogP) is 2.16. The van der Waals surface area contributed by atoms with Gasteiger partial charge in [-0.2, -0.15) is 0 Å². The number of hydrogen-bond acceptors (Lipinski definition) is 3. The molecule has 4 heteroatoms. The number of nitrogens with zero attached hydrogens (tertiary/aromatic N) is 1. The summed E-state index contributed by atoms with van der Waals surface area (Å²) in [4.78, 5) is 12.9. The number of amides is 1. The molecule has 84 valence electrons. The zero-order valence-electron chi connectivity index (χ0n) is 9.10. The minimum Gasteiger partial charge on any atom is -0.497 e. The van der Waals surface area contributed by atoms with Gasteiger partial charge < -0.3 is 9.47 Å². The van der Waals surface area contributed by atoms with E-state index in [-0.39, 0.29) is 6.09 Å². The topological polar surface area (TPSA) is 38.8 Å². The molecule has 0 bridgehead atoms. The first-order valence-corrected chi connectivity index (χ1v) is 4.96. The second-order valence-electron chi connectivity index (χ2n) is 3.61. The van der Waals surface area contributed by atoms with E-state index in [9.17, 15) is 4.79 Å². The normalized spacial score (nSPS) is 15.2. The summed E-state index contributed by atoms with van der Waals surface area (Å²) in [6.07, 6.45) is -0.333. The highest BCUT2D eigenvalue weighted by Gasteiger charge is 2.25. The predicted molar refractivity (Wildman–Crippen MR) is 59.0 cm³/mol. The molecule has 1 aliphatic rings. The molecule has 1 fully saturated rings. The van der Waals surface area contributed by atoms with E-state index in [1.165, 1.54) is 0 Å². The maximum atomic E-state index is 11.3. The third-order valence-electron chi connectivity index (χ3n) is 2.39. The summed E-state index contributed by atoms with van der Waals surface area (Å²) in [6.45, 7) is 4.61. The van der Waals surface area contributed by atoms with E-state index >= 15 is 0 Å². The van der Waals surface area contributed by atoms with Crippen molar-refractivity contribution in [3.63, 3.8) is 0 Å². The Morgan fingerprint density at radius 2 is 2.12 bits per heavy atom. The van der Waals surface area contributed by atoms with Crippen LogP contribution in [0.4, 0.5) is 4.79 Å². The van der Waals surface area contributed by atoms with Crippen LogP contribution in [0.3, 0.4) is 0 Å². The van der Waals surface area contributed by atoms with Crippen LogP contribution in [0, 0.1) is 0 Å². The van der Waals surface area contributed by atoms with E-state index in [0.29, 0.717) is 18.8 Å². The number of ether oxygens (including phenoxy) is 2. The van der Waals surface area contributed by atoms with Crippen LogP contribution in [0.5, 0.6) is 5.75 Å². The SMILES string of the molecule is C=C1CN(Cc2ccc(OC)cc2)C(=O)O1. The van der Waals surface area contributed by atoms with E-state index in [1.807, 2.05) is 24.3 Å². The van der Waals surface area contributed by atoms with Crippen molar-refractivity contribution in [3.05, 3.63) is 42.2 Å². The van der Waals surface area contributed by atoms with Crippen molar-refractivity contribution in [2.45, 2.75) is 6.54 Å². The highest BCUT2D eigenvalue weighted by Crippen LogP contribution is 2.18. The van der Waals surface area contributed by atoms with Gasteiger partial charge in [-0.1, -0.05) is 18.7 Å². The van der Waals surface area contributed by atoms with Gasteiger partial charge in [0.15, 0.2) is 0 Å². The van der Waals surface area contributed by atoms with Crippen LogP contribution in [0.15, 0.2) is 36.6 Å². The molecule has 1 aromatic carbocycles. The van der Waals surface area contributed by atoms with Gasteiger partial charge in [-0.05, 0) is 17.7 Å². The lowest BCUT2D eigenvalue weighted by Crippen LogP contribution is -2.23. The van der Waals surface area contributed by atoms with Gasteiger partial charge in [0.25, 0.3) is 0 Å². The van der Waals surface area contributed by atoms with Crippen molar-refractivity contribution >= 4 is 6.09 Å². The number of cyclic esters (lactones) is 1. The molecule has 1 heterocycles. The Hall–Kier alpha value is -1.97. The molecule has 0 radical (unpaired) electrons. The van der Waals surface area contributed by atoms with Crippen LogP contribution in [-0.4, -0.2) is 24.6 Å². The van der Waals surface area contributed by atoms with Crippen LogP contribution < -0.4 is 4.74 Å². The molecule has 1 amide bonds. The Balaban J connectivity index is 2.03. The fraction of sp³-hybridized carbons (Fsp3) is 0.250. The van der Waals surface area contributed by atoms with Crippen LogP contribution in [-0.2, 0) is 11.3 Å². The summed E-state index contributed by atoms with van der Waals surface area (Å²) < 4.78 is 9.92. The number of hydrogen-bond donors (Lipinski definition) is 0. The lowest BCUT2D eigenvalue weighted by atomic mass is 10.2. The Kier molecular flexibility index (Phi) is 2.81. The highest BCUT2D eigenvalue weighted by molar-refractivity contribution is 5.71. The summed E-state index contributed by atoms with van der Waals surface area (Å²) in [5.41, 5.74) is 1.03. The Labute approximate surface area is 94.1 Å². The molecule has 4 nitrogen and oxygen atoms in total. The standard InChI is InChI=1S/C12H13NO3/c1-9-7-13(12(14)16-9)8-10-3-5-11(15-2)6-4-10/h3-6H,1,7-8H2,2H3. The maximum Gasteiger partial charge on any atom is 0.415 e. The van der Waals surface area contributed by atoms with Gasteiger partial charge in [0.1, 0.15) is 11.5 Å². The lowest BCUT2D eigenvalue weighted by molar-refractivity contribution is 0.167. The Morgan fingerprint density at radius 1 is 1.44 bits per heavy atom. The van der Waals surface area contributed by atoms with Crippen molar-refractivity contribution in [3.8, 4) is 5.75 Å². The van der Waals surface area contributed by atoms with Gasteiger partial charge in [-0.25, -0.2) is 4.79 Å². The van der Waals surface area contributed by atoms with Crippen LogP contribution in [0.2, 0.25) is 0 Å². The summed E-state index contributed by atoms with van der Waals surface area (Å²) in [5, 5.41) is 0. The minimum absolute atomic E-state index is 0.333. The van der Waals surface area contributed by atoms with Crippen molar-refractivity contribution in [2.24, 2.45) is 0 Å². The largest absolute Gasteiger partial charge is 0.497 e. The van der Waals surface area contributed by atoms with E-state index in [2.05, 4.69) is 6.58 Å². The summed E-state index contributed by atoms with van der Waals surface area (Å²) >= 11 is 0. The van der Waals surface area contributed by atoms with Gasteiger partial charge in [0.05, 0.1) is 13.7 Å². The summed E-state index contributed by atoms with van der Waals surface area (Å²) in [6, 6.07) is 7.58. The van der Waals surface area contributed by atoms with Crippen LogP contribution >= 0.6 is 0 Å². The number of rotatable bonds is 3. The summed E-state index contributed by atoms with van der Waals surface area (Å²) in [5.74, 6) is 1.30. The number of methoxy groups -OCH3 is 1. The molecule has 1 aliphatic heterocycles. The molecule has 0 unspecified atom stereocenters. The molecule has 1 saturated heterocycles. The molecule has 0 aromatic heterocycles. The van der Waals surface area contributed by atoms with E-state index in [0.717, 1.165) is 11.3 Å². The smallest absolute Gasteiger partial charge is 0.415 e. The second-order valence-corrected chi connectivity index (χ2v) is 3.61. The minimum atomic E-state index is -0.333. The van der Waals surface area contributed by atoms with Crippen molar-refractivity contribution < 1.29 is 14.3 Å². The van der Waals surface area contributed by atoms with E-state index < -0.39 is 0 Å². The average Bonchev–Trinajstić information content (AvgIpc) is 2.59. The molecule has 1 aromatic rings. The Bertz CT molecular complexity index is 411. The van der Waals surface area contributed by atoms with E-state index in [4.69, 9.17) is 9.47 Å². The zero-order chi connectivity index (χ0) is 11.5. The number of carbonyl (C=O) groups excluding carboxylic acids is 1. The van der Waals surface area contributed by atoms with Crippen molar-refractivity contribution in [1.29, 1.82) is 0 Å². The van der Waals surface area contributed by atoms with Gasteiger partial charge >= 0.3 is 6.09 Å². The second kappa shape index (κ2) is 4.26. The molecule has 0 N–H and O–H groups in total. The number of carbonyl (C=O) groups is 1. The molecule has 0 spiro atoms. The third-order valence-corrected chi connectivity index (χ3v) is 2.39. The molecule has 0 saturated carbocycles. The number of benzene rings is 1. The van der Waals surface area contributed by atoms with Gasteiger partial charge in [0.2, 0.25) is 0 Å². The first kappa shape index (κ1) is 10.5. The maximum absolute atomic E-state index is 11.3. The first-order chi connectivity index (χ1) is 7.69. The Morgan fingerprint density at radius 3 is 2.62 bits per heavy atom. The van der Waals surface area contributed by atoms with Crippen molar-refractivity contribution in [2.75, 3.05) is 13.7 Å². The van der Waals surface area contributed by atoms with Gasteiger partial charge in [0, 0.05) is 6.54 Å². The average molecular weight is 219 g/mol. The van der Waals surface area contributed by atoms with Gasteiger partial charge in [-0.15, -0.1) is 0 Å². The molecular weight excluding hydrogens is 206 g/mol.